The molecule has 0 N–H and O–H groups in total. The van der Waals surface area contributed by atoms with Gasteiger partial charge in [0.05, 0.1) is 5.57 Å². The van der Waals surface area contributed by atoms with Crippen molar-refractivity contribution >= 4 is 34.4 Å². The van der Waals surface area contributed by atoms with Crippen molar-refractivity contribution in [3.8, 4) is 0 Å². The summed E-state index contributed by atoms with van der Waals surface area (Å²) in [5.41, 5.74) is 2.05. The Labute approximate surface area is 176 Å². The number of benzene rings is 1. The van der Waals surface area contributed by atoms with Gasteiger partial charge in [0.15, 0.2) is 0 Å². The molecule has 29 heavy (non-hydrogen) atoms. The molecule has 4 nitrogen and oxygen atoms in total. The van der Waals surface area contributed by atoms with Gasteiger partial charge in [-0.15, -0.1) is 11.3 Å². The van der Waals surface area contributed by atoms with Crippen LogP contribution in [0.1, 0.15) is 56.7 Å². The van der Waals surface area contributed by atoms with E-state index in [9.17, 15) is 9.59 Å². The Morgan fingerprint density at radius 3 is 2.24 bits per heavy atom. The molecule has 1 aliphatic heterocycles. The Kier molecular flexibility index (Phi) is 6.14. The maximum absolute atomic E-state index is 13.7. The van der Waals surface area contributed by atoms with Crippen LogP contribution < -0.4 is 4.90 Å². The van der Waals surface area contributed by atoms with E-state index in [2.05, 4.69) is 0 Å². The molecule has 2 amide bonds. The highest BCUT2D eigenvalue weighted by molar-refractivity contribution is 7.11. The fourth-order valence-electron chi connectivity index (χ4n) is 4.53. The Balaban J connectivity index is 1.76. The summed E-state index contributed by atoms with van der Waals surface area (Å²) >= 11 is 1.52. The maximum Gasteiger partial charge on any atom is 0.278 e. The second-order valence-electron chi connectivity index (χ2n) is 7.76. The molecule has 1 aliphatic carbocycles. The highest BCUT2D eigenvalue weighted by Crippen LogP contribution is 2.38. The third-order valence-electron chi connectivity index (χ3n) is 5.95. The summed E-state index contributed by atoms with van der Waals surface area (Å²) in [6.07, 6.45) is 7.64. The highest BCUT2D eigenvalue weighted by Gasteiger charge is 2.45. The van der Waals surface area contributed by atoms with Crippen LogP contribution in [0.3, 0.4) is 0 Å². The van der Waals surface area contributed by atoms with E-state index in [0.29, 0.717) is 17.8 Å². The van der Waals surface area contributed by atoms with Crippen LogP contribution >= 0.6 is 11.3 Å². The van der Waals surface area contributed by atoms with Gasteiger partial charge in [0.1, 0.15) is 5.70 Å². The third-order valence-corrected chi connectivity index (χ3v) is 6.84. The molecule has 1 aromatic heterocycles. The maximum atomic E-state index is 13.7. The van der Waals surface area contributed by atoms with E-state index in [1.54, 1.807) is 4.90 Å². The van der Waals surface area contributed by atoms with Crippen molar-refractivity contribution in [2.45, 2.75) is 57.9 Å². The molecular formula is C24H28N2O2S. The number of thiophene rings is 1. The van der Waals surface area contributed by atoms with Crippen molar-refractivity contribution in [2.24, 2.45) is 0 Å². The first-order chi connectivity index (χ1) is 14.2. The van der Waals surface area contributed by atoms with Crippen molar-refractivity contribution in [1.82, 2.24) is 4.90 Å². The number of rotatable bonds is 5. The molecule has 0 unspecified atom stereocenters. The van der Waals surface area contributed by atoms with Gasteiger partial charge in [0.2, 0.25) is 0 Å². The van der Waals surface area contributed by atoms with E-state index in [1.165, 1.54) is 30.6 Å². The standard InChI is InChI=1S/C24H28N2O2S/c1-2-25(18-12-9-6-10-13-18)22-21(20-16-11-17-29-20)23(27)26(24(22)28)19-14-7-4-3-5-8-15-19/h6,9-13,16-17,19H,2-5,7-8,14-15H2,1H3. The van der Waals surface area contributed by atoms with Crippen LogP contribution in [0.15, 0.2) is 53.5 Å². The molecule has 2 aliphatic rings. The molecule has 2 aromatic rings. The minimum Gasteiger partial charge on any atom is -0.337 e. The van der Waals surface area contributed by atoms with E-state index in [-0.39, 0.29) is 17.9 Å². The van der Waals surface area contributed by atoms with Crippen LogP contribution in [0.2, 0.25) is 0 Å². The van der Waals surface area contributed by atoms with Gasteiger partial charge in [-0.05, 0) is 43.3 Å². The average molecular weight is 409 g/mol. The van der Waals surface area contributed by atoms with Gasteiger partial charge >= 0.3 is 0 Å². The number of hydrogen-bond acceptors (Lipinski definition) is 4. The lowest BCUT2D eigenvalue weighted by Crippen LogP contribution is -2.43. The number of carbonyl (C=O) groups is 2. The number of carbonyl (C=O) groups excluding carboxylic acids is 2. The smallest absolute Gasteiger partial charge is 0.278 e. The third kappa shape index (κ3) is 3.88. The molecule has 0 bridgehead atoms. The van der Waals surface area contributed by atoms with Crippen molar-refractivity contribution in [3.63, 3.8) is 0 Å². The quantitative estimate of drug-likeness (QED) is 0.616. The van der Waals surface area contributed by atoms with Crippen molar-refractivity contribution in [3.05, 3.63) is 58.4 Å². The van der Waals surface area contributed by atoms with Gasteiger partial charge in [-0.1, -0.05) is 56.4 Å². The molecular weight excluding hydrogens is 380 g/mol. The zero-order chi connectivity index (χ0) is 20.2. The Morgan fingerprint density at radius 1 is 0.931 bits per heavy atom. The van der Waals surface area contributed by atoms with Gasteiger partial charge in [-0.3, -0.25) is 14.5 Å². The Morgan fingerprint density at radius 2 is 1.62 bits per heavy atom. The fraction of sp³-hybridized carbons (Fsp3) is 0.417. The first-order valence-electron chi connectivity index (χ1n) is 10.7. The predicted octanol–water partition coefficient (Wildman–Crippen LogP) is 5.47. The average Bonchev–Trinajstić information content (AvgIpc) is 3.31. The molecule has 0 atom stereocenters. The number of nitrogens with zero attached hydrogens (tertiary/aromatic N) is 2. The summed E-state index contributed by atoms with van der Waals surface area (Å²) in [4.78, 5) is 31.8. The van der Waals surface area contributed by atoms with E-state index < -0.39 is 0 Å². The first kappa shape index (κ1) is 19.9. The molecule has 5 heteroatoms. The van der Waals surface area contributed by atoms with Crippen molar-refractivity contribution < 1.29 is 9.59 Å². The number of likely N-dealkylation sites (N-methyl/N-ethyl adjacent to an activating group) is 1. The van der Waals surface area contributed by atoms with Crippen molar-refractivity contribution in [2.75, 3.05) is 11.4 Å². The summed E-state index contributed by atoms with van der Waals surface area (Å²) in [6.45, 7) is 2.66. The minimum absolute atomic E-state index is 0.0113. The normalized spacial score (nSPS) is 18.9. The number of anilines is 1. The van der Waals surface area contributed by atoms with E-state index in [4.69, 9.17) is 0 Å². The molecule has 2 heterocycles. The molecule has 0 saturated heterocycles. The lowest BCUT2D eigenvalue weighted by molar-refractivity contribution is -0.140. The molecule has 1 saturated carbocycles. The Bertz CT molecular complexity index is 881. The van der Waals surface area contributed by atoms with Gasteiger partial charge in [0, 0.05) is 23.2 Å². The minimum atomic E-state index is -0.130. The second kappa shape index (κ2) is 8.95. The summed E-state index contributed by atoms with van der Waals surface area (Å²) in [5, 5.41) is 1.97. The highest BCUT2D eigenvalue weighted by atomic mass is 32.1. The number of para-hydroxylation sites is 1. The zero-order valence-electron chi connectivity index (χ0n) is 17.0. The number of imide groups is 1. The van der Waals surface area contributed by atoms with Gasteiger partial charge in [-0.2, -0.15) is 0 Å². The van der Waals surface area contributed by atoms with E-state index >= 15 is 0 Å². The number of hydrogen-bond donors (Lipinski definition) is 0. The lowest BCUT2D eigenvalue weighted by atomic mass is 9.95. The molecule has 0 radical (unpaired) electrons. The van der Waals surface area contributed by atoms with Crippen LogP contribution in [0.4, 0.5) is 5.69 Å². The Hall–Kier alpha value is -2.40. The monoisotopic (exact) mass is 408 g/mol. The molecule has 1 fully saturated rings. The predicted molar refractivity (Wildman–Crippen MR) is 119 cm³/mol. The van der Waals surface area contributed by atoms with E-state index in [0.717, 1.165) is 36.2 Å². The summed E-state index contributed by atoms with van der Waals surface area (Å²) in [6, 6.07) is 13.8. The van der Waals surface area contributed by atoms with Crippen molar-refractivity contribution in [1.29, 1.82) is 0 Å². The first-order valence-corrected chi connectivity index (χ1v) is 11.6. The van der Waals surface area contributed by atoms with Crippen LogP contribution in [0, 0.1) is 0 Å². The fourth-order valence-corrected chi connectivity index (χ4v) is 5.29. The molecule has 152 valence electrons. The number of amides is 2. The van der Waals surface area contributed by atoms with Gasteiger partial charge in [-0.25, -0.2) is 0 Å². The van der Waals surface area contributed by atoms with Crippen LogP contribution in [-0.2, 0) is 9.59 Å². The van der Waals surface area contributed by atoms with Gasteiger partial charge in [0.25, 0.3) is 11.8 Å². The summed E-state index contributed by atoms with van der Waals surface area (Å²) < 4.78 is 0. The second-order valence-corrected chi connectivity index (χ2v) is 8.71. The van der Waals surface area contributed by atoms with Crippen LogP contribution in [0.25, 0.3) is 5.57 Å². The molecule has 4 rings (SSSR count). The van der Waals surface area contributed by atoms with E-state index in [1.807, 2.05) is 59.7 Å². The summed E-state index contributed by atoms with van der Waals surface area (Å²) in [5.74, 6) is -0.248. The molecule has 1 aromatic carbocycles. The summed E-state index contributed by atoms with van der Waals surface area (Å²) in [7, 11) is 0. The van der Waals surface area contributed by atoms with Gasteiger partial charge < -0.3 is 4.90 Å². The van der Waals surface area contributed by atoms with Crippen LogP contribution in [0.5, 0.6) is 0 Å². The lowest BCUT2D eigenvalue weighted by Gasteiger charge is -2.30. The topological polar surface area (TPSA) is 40.6 Å². The largest absolute Gasteiger partial charge is 0.337 e. The zero-order valence-corrected chi connectivity index (χ0v) is 17.8. The van der Waals surface area contributed by atoms with Crippen LogP contribution in [-0.4, -0.2) is 29.3 Å². The molecule has 0 spiro atoms. The SMILES string of the molecule is CCN(C1=C(c2cccs2)C(=O)N(C2CCCCCCC2)C1=O)c1ccccc1.